The topological polar surface area (TPSA) is 0 Å². The lowest BCUT2D eigenvalue weighted by Crippen LogP contribution is -1.47. The molecule has 0 nitrogen and oxygen atoms in total. The van der Waals surface area contributed by atoms with Crippen LogP contribution in [0.1, 0.15) is 26.7 Å². The summed E-state index contributed by atoms with van der Waals surface area (Å²) in [5, 5.41) is 0. The normalized spacial score (nSPS) is 3.75. The van der Waals surface area contributed by atoms with Crippen LogP contribution in [0.3, 0.4) is 0 Å². The second-order valence-corrected chi connectivity index (χ2v) is 1.000. The van der Waals surface area contributed by atoms with Crippen LogP contribution in [0.25, 0.3) is 0 Å². The van der Waals surface area contributed by atoms with E-state index in [0.29, 0.717) is 0 Å². The van der Waals surface area contributed by atoms with E-state index in [4.69, 9.17) is 0 Å². The lowest BCUT2D eigenvalue weighted by atomic mass is 10.4. The molecule has 0 aliphatic heterocycles. The fourth-order valence-electron chi connectivity index (χ4n) is 0. The quantitative estimate of drug-likeness (QED) is 0.541. The van der Waals surface area contributed by atoms with Crippen molar-refractivity contribution >= 4 is 13.5 Å². The van der Waals surface area contributed by atoms with Crippen molar-refractivity contribution in [2.24, 2.45) is 0 Å². The molecule has 0 aromatic heterocycles. The monoisotopic (exact) mass is 152 g/mol. The van der Waals surface area contributed by atoms with Gasteiger partial charge in [0.2, 0.25) is 0 Å². The van der Waals surface area contributed by atoms with Crippen LogP contribution >= 0.6 is 13.5 Å². The third-order valence-electron chi connectivity index (χ3n) is 0.500. The van der Waals surface area contributed by atoms with Gasteiger partial charge in [0.15, 0.2) is 0 Å². The maximum atomic E-state index is 2.18. The van der Waals surface area contributed by atoms with Crippen LogP contribution in [0.2, 0.25) is 0 Å². The zero-order chi connectivity index (χ0) is 3.41. The minimum atomic E-state index is 0. The first-order valence-corrected chi connectivity index (χ1v) is 1.91. The number of hydrogen-bond donors (Lipinski definition) is 0. The van der Waals surface area contributed by atoms with E-state index in [1.165, 1.54) is 12.8 Å². The first kappa shape index (κ1) is 42.1. The van der Waals surface area contributed by atoms with E-state index in [1.54, 1.807) is 0 Å². The first-order chi connectivity index (χ1) is 1.91. The van der Waals surface area contributed by atoms with Crippen molar-refractivity contribution in [3.8, 4) is 0 Å². The Morgan fingerprint density at radius 3 is 0.875 bits per heavy atom. The molecular formula is C4H15F3S. The molecule has 0 aromatic carbocycles. The highest BCUT2D eigenvalue weighted by atomic mass is 32.1. The van der Waals surface area contributed by atoms with Gasteiger partial charge in [0.25, 0.3) is 0 Å². The van der Waals surface area contributed by atoms with E-state index >= 15 is 0 Å². The predicted octanol–water partition coefficient (Wildman–Crippen LogP) is 2.38. The molecular weight excluding hydrogens is 137 g/mol. The second-order valence-electron chi connectivity index (χ2n) is 1.000. The van der Waals surface area contributed by atoms with Crippen molar-refractivity contribution in [2.75, 3.05) is 0 Å². The molecule has 0 aliphatic carbocycles. The van der Waals surface area contributed by atoms with Gasteiger partial charge in [-0.1, -0.05) is 26.7 Å². The smallest absolute Gasteiger partial charge is 0.0564 e. The Morgan fingerprint density at radius 1 is 0.750 bits per heavy atom. The summed E-state index contributed by atoms with van der Waals surface area (Å²) in [6.07, 6.45) is 2.64. The Hall–Kier alpha value is 0.140. The third-order valence-corrected chi connectivity index (χ3v) is 0.500. The summed E-state index contributed by atoms with van der Waals surface area (Å²) in [5.41, 5.74) is 0. The Balaban J connectivity index is -0.00000000750. The van der Waals surface area contributed by atoms with Gasteiger partial charge in [-0.2, -0.15) is 13.5 Å². The van der Waals surface area contributed by atoms with Crippen LogP contribution in [-0.4, -0.2) is 0 Å². The molecule has 0 rings (SSSR count). The third kappa shape index (κ3) is 125. The SMILES string of the molecule is CCCC.F.F.F.S. The zero-order valence-corrected chi connectivity index (χ0v) is 6.14. The highest BCUT2D eigenvalue weighted by molar-refractivity contribution is 7.59. The van der Waals surface area contributed by atoms with Crippen molar-refractivity contribution in [1.29, 1.82) is 0 Å². The molecule has 0 fully saturated rings. The van der Waals surface area contributed by atoms with Gasteiger partial charge in [-0.25, -0.2) is 0 Å². The molecule has 4 heteroatoms. The Morgan fingerprint density at radius 2 is 0.875 bits per heavy atom. The van der Waals surface area contributed by atoms with Crippen LogP contribution in [0.15, 0.2) is 0 Å². The Bertz CT molecular complexity index is 13.2. The van der Waals surface area contributed by atoms with E-state index < -0.39 is 0 Å². The summed E-state index contributed by atoms with van der Waals surface area (Å²) >= 11 is 0. The summed E-state index contributed by atoms with van der Waals surface area (Å²) in [6, 6.07) is 0. The molecule has 0 atom stereocenters. The van der Waals surface area contributed by atoms with Crippen LogP contribution in [0.5, 0.6) is 0 Å². The number of rotatable bonds is 1. The van der Waals surface area contributed by atoms with Crippen molar-refractivity contribution in [3.63, 3.8) is 0 Å². The molecule has 0 spiro atoms. The second kappa shape index (κ2) is 58.8. The zero-order valence-electron chi connectivity index (χ0n) is 5.14. The van der Waals surface area contributed by atoms with Crippen LogP contribution in [-0.2, 0) is 0 Å². The molecule has 8 heavy (non-hydrogen) atoms. The van der Waals surface area contributed by atoms with Gasteiger partial charge in [0.05, 0.1) is 0 Å². The molecule has 0 bridgehead atoms. The molecule has 0 N–H and O–H groups in total. The molecule has 0 aromatic rings. The van der Waals surface area contributed by atoms with Crippen molar-refractivity contribution in [1.82, 2.24) is 0 Å². The molecule has 0 heterocycles. The molecule has 0 amide bonds. The Kier molecular flexibility index (Phi) is 309. The van der Waals surface area contributed by atoms with Gasteiger partial charge < -0.3 is 0 Å². The lowest BCUT2D eigenvalue weighted by Gasteiger charge is -1.68. The van der Waals surface area contributed by atoms with Gasteiger partial charge in [-0.15, -0.1) is 0 Å². The molecule has 0 unspecified atom stereocenters. The summed E-state index contributed by atoms with van der Waals surface area (Å²) in [6.45, 7) is 4.36. The lowest BCUT2D eigenvalue weighted by molar-refractivity contribution is 0.886. The minimum Gasteiger partial charge on any atom is -0.269 e. The van der Waals surface area contributed by atoms with Gasteiger partial charge in [-0.05, 0) is 0 Å². The van der Waals surface area contributed by atoms with Crippen molar-refractivity contribution in [2.45, 2.75) is 26.7 Å². The van der Waals surface area contributed by atoms with Crippen LogP contribution < -0.4 is 0 Å². The molecule has 0 radical (unpaired) electrons. The summed E-state index contributed by atoms with van der Waals surface area (Å²) in [4.78, 5) is 0. The average molecular weight is 152 g/mol. The predicted molar refractivity (Wildman–Crippen MR) is 38.5 cm³/mol. The number of hydrogen-bond acceptors (Lipinski definition) is 0. The standard InChI is InChI=1S/C4H10.3FH.H2S/c1-3-4-2;;;;/h3-4H2,1-2H3;3*1H;1H2. The highest BCUT2D eigenvalue weighted by Gasteiger charge is 1.56. The van der Waals surface area contributed by atoms with Crippen molar-refractivity contribution < 1.29 is 14.1 Å². The molecule has 0 saturated carbocycles. The van der Waals surface area contributed by atoms with Crippen molar-refractivity contribution in [3.05, 3.63) is 0 Å². The van der Waals surface area contributed by atoms with E-state index in [1.807, 2.05) is 0 Å². The van der Waals surface area contributed by atoms with Crippen LogP contribution in [0.4, 0.5) is 14.1 Å². The number of halogens is 3. The van der Waals surface area contributed by atoms with Gasteiger partial charge in [0, 0.05) is 0 Å². The van der Waals surface area contributed by atoms with E-state index in [-0.39, 0.29) is 27.6 Å². The van der Waals surface area contributed by atoms with Gasteiger partial charge in [-0.3, -0.25) is 14.1 Å². The molecule has 0 saturated heterocycles. The van der Waals surface area contributed by atoms with E-state index in [9.17, 15) is 0 Å². The highest BCUT2D eigenvalue weighted by Crippen LogP contribution is 1.76. The number of unbranched alkanes of at least 4 members (excludes halogenated alkanes) is 1. The molecule has 0 aliphatic rings. The summed E-state index contributed by atoms with van der Waals surface area (Å²) in [5.74, 6) is 0. The van der Waals surface area contributed by atoms with E-state index in [0.717, 1.165) is 0 Å². The maximum Gasteiger partial charge on any atom is -0.0564 e. The fourth-order valence-corrected chi connectivity index (χ4v) is 0. The van der Waals surface area contributed by atoms with Gasteiger partial charge in [0.1, 0.15) is 0 Å². The maximum absolute atomic E-state index is 2.18. The first-order valence-electron chi connectivity index (χ1n) is 1.91. The Labute approximate surface area is 55.2 Å². The largest absolute Gasteiger partial charge is 0.269 e. The average Bonchev–Trinajstić information content (AvgIpc) is 1.37. The van der Waals surface area contributed by atoms with Gasteiger partial charge >= 0.3 is 0 Å². The fraction of sp³-hybridized carbons (Fsp3) is 1.00. The summed E-state index contributed by atoms with van der Waals surface area (Å²) in [7, 11) is 0. The van der Waals surface area contributed by atoms with Crippen LogP contribution in [0, 0.1) is 0 Å². The minimum absolute atomic E-state index is 0. The molecule has 58 valence electrons. The van der Waals surface area contributed by atoms with E-state index in [2.05, 4.69) is 13.8 Å². The summed E-state index contributed by atoms with van der Waals surface area (Å²) < 4.78 is 0.